The molecule has 0 bridgehead atoms. The van der Waals surface area contributed by atoms with Gasteiger partial charge in [-0.05, 0) is 36.4 Å². The molecule has 5 rings (SSSR count). The monoisotopic (exact) mass is 472 g/mol. The number of nitrogens with one attached hydrogen (secondary N) is 1. The Bertz CT molecular complexity index is 1300. The van der Waals surface area contributed by atoms with Crippen LogP contribution in [0.25, 0.3) is 11.3 Å². The van der Waals surface area contributed by atoms with Crippen molar-refractivity contribution in [2.45, 2.75) is 13.0 Å². The third-order valence-electron chi connectivity index (χ3n) is 5.81. The lowest BCUT2D eigenvalue weighted by Gasteiger charge is -2.32. The molecule has 0 saturated heterocycles. The topological polar surface area (TPSA) is 128 Å². The van der Waals surface area contributed by atoms with Crippen molar-refractivity contribution in [1.29, 1.82) is 0 Å². The van der Waals surface area contributed by atoms with E-state index >= 15 is 0 Å². The third-order valence-corrected chi connectivity index (χ3v) is 5.81. The lowest BCUT2D eigenvalue weighted by atomic mass is 10.1. The van der Waals surface area contributed by atoms with Crippen LogP contribution in [-0.2, 0) is 13.0 Å². The van der Waals surface area contributed by atoms with Crippen molar-refractivity contribution in [2.24, 2.45) is 0 Å². The summed E-state index contributed by atoms with van der Waals surface area (Å²) in [6, 6.07) is 17.2. The maximum atomic E-state index is 11.7. The number of amides is 1. The highest BCUT2D eigenvalue weighted by Crippen LogP contribution is 2.33. The molecule has 0 saturated carbocycles. The minimum atomic E-state index is -0.982. The molecule has 178 valence electrons. The van der Waals surface area contributed by atoms with Gasteiger partial charge in [0, 0.05) is 42.0 Å². The highest BCUT2D eigenvalue weighted by molar-refractivity contribution is 5.70. The van der Waals surface area contributed by atoms with E-state index in [2.05, 4.69) is 10.3 Å². The van der Waals surface area contributed by atoms with E-state index in [0.29, 0.717) is 37.0 Å². The molecule has 0 aliphatic carbocycles. The lowest BCUT2D eigenvalue weighted by molar-refractivity contribution is 0.139. The molecule has 10 nitrogen and oxygen atoms in total. The van der Waals surface area contributed by atoms with E-state index in [9.17, 15) is 15.0 Å². The summed E-state index contributed by atoms with van der Waals surface area (Å²) in [5.41, 5.74) is 4.05. The summed E-state index contributed by atoms with van der Waals surface area (Å²) in [6.45, 7) is 0.740. The number of rotatable bonds is 7. The minimum absolute atomic E-state index is 0.0951. The summed E-state index contributed by atoms with van der Waals surface area (Å²) < 4.78 is 5.34. The minimum Gasteiger partial charge on any atom is -0.465 e. The van der Waals surface area contributed by atoms with Gasteiger partial charge in [-0.25, -0.2) is 14.8 Å². The molecule has 1 amide bonds. The van der Waals surface area contributed by atoms with Crippen molar-refractivity contribution < 1.29 is 19.4 Å². The van der Waals surface area contributed by atoms with Crippen LogP contribution in [0, 0.1) is 0 Å². The van der Waals surface area contributed by atoms with Gasteiger partial charge in [0.2, 0.25) is 5.95 Å². The van der Waals surface area contributed by atoms with Crippen molar-refractivity contribution in [3.05, 3.63) is 78.4 Å². The molecule has 2 aromatic heterocycles. The maximum absolute atomic E-state index is 11.7. The zero-order valence-corrected chi connectivity index (χ0v) is 18.8. The summed E-state index contributed by atoms with van der Waals surface area (Å²) >= 11 is 0. The van der Waals surface area contributed by atoms with E-state index in [-0.39, 0.29) is 13.2 Å². The summed E-state index contributed by atoms with van der Waals surface area (Å²) in [6.07, 6.45) is 2.53. The molecule has 3 heterocycles. The van der Waals surface area contributed by atoms with Gasteiger partial charge in [-0.1, -0.05) is 18.2 Å². The Morgan fingerprint density at radius 1 is 1.11 bits per heavy atom. The number of benzene rings is 2. The average molecular weight is 473 g/mol. The van der Waals surface area contributed by atoms with Crippen LogP contribution >= 0.6 is 0 Å². The highest BCUT2D eigenvalue weighted by atomic mass is 16.4. The second-order valence-electron chi connectivity index (χ2n) is 8.03. The summed E-state index contributed by atoms with van der Waals surface area (Å²) in [5, 5.41) is 22.6. The zero-order valence-electron chi connectivity index (χ0n) is 18.8. The van der Waals surface area contributed by atoms with Crippen LogP contribution in [0.4, 0.5) is 27.9 Å². The largest absolute Gasteiger partial charge is 0.465 e. The highest BCUT2D eigenvalue weighted by Gasteiger charge is 2.28. The summed E-state index contributed by atoms with van der Waals surface area (Å²) in [7, 11) is 0. The Kier molecular flexibility index (Phi) is 6.27. The van der Waals surface area contributed by atoms with Crippen LogP contribution in [0.2, 0.25) is 0 Å². The first-order chi connectivity index (χ1) is 17.1. The Balaban J connectivity index is 1.52. The molecule has 10 heteroatoms. The van der Waals surface area contributed by atoms with Gasteiger partial charge in [0.1, 0.15) is 5.82 Å². The molecule has 1 aliphatic heterocycles. The number of aliphatic hydroxyl groups excluding tert-OH is 1. The van der Waals surface area contributed by atoms with Crippen LogP contribution in [0.1, 0.15) is 11.3 Å². The van der Waals surface area contributed by atoms with E-state index in [0.717, 1.165) is 28.2 Å². The Morgan fingerprint density at radius 3 is 2.60 bits per heavy atom. The number of carboxylic acid groups (broad SMARTS) is 1. The smallest absolute Gasteiger partial charge is 0.407 e. The van der Waals surface area contributed by atoms with Crippen molar-refractivity contribution in [3.8, 4) is 11.3 Å². The normalized spacial score (nSPS) is 12.8. The number of hydrogen-bond acceptors (Lipinski definition) is 8. The molecule has 0 unspecified atom stereocenters. The predicted molar refractivity (Wildman–Crippen MR) is 130 cm³/mol. The van der Waals surface area contributed by atoms with Crippen LogP contribution in [-0.4, -0.2) is 55.9 Å². The van der Waals surface area contributed by atoms with Gasteiger partial charge in [0.25, 0.3) is 0 Å². The van der Waals surface area contributed by atoms with E-state index in [1.807, 2.05) is 59.5 Å². The number of nitrogens with zero attached hydrogens (tertiary/aromatic N) is 5. The number of fused-ring (bicyclic) bond motifs is 1. The second kappa shape index (κ2) is 9.82. The van der Waals surface area contributed by atoms with Crippen LogP contribution in [0.3, 0.4) is 0 Å². The van der Waals surface area contributed by atoms with Gasteiger partial charge in [0.15, 0.2) is 12.2 Å². The number of oxazole rings is 1. The molecule has 3 N–H and O–H groups in total. The average Bonchev–Trinajstić information content (AvgIpc) is 3.43. The number of aliphatic hydroxyl groups is 1. The van der Waals surface area contributed by atoms with E-state index in [1.165, 1.54) is 11.3 Å². The SMILES string of the molecule is O=C(O)N1CCc2nc(Nc3ccc(-c4cnco4)cc3)nc(N(CCO)c3ccccc3)c2C1. The molecule has 2 aromatic carbocycles. The lowest BCUT2D eigenvalue weighted by Crippen LogP contribution is -2.37. The molecule has 0 fully saturated rings. The standard InChI is InChI=1S/C25H24N6O4/c32-13-12-31(19-4-2-1-3-5-19)23-20-15-30(25(33)34)11-10-21(20)28-24(29-23)27-18-8-6-17(7-9-18)22-14-26-16-35-22/h1-9,14,16,32H,10-13,15H2,(H,33,34)(H,27,28,29). The fourth-order valence-corrected chi connectivity index (χ4v) is 4.11. The second-order valence-corrected chi connectivity index (χ2v) is 8.03. The fourth-order valence-electron chi connectivity index (χ4n) is 4.11. The molecule has 35 heavy (non-hydrogen) atoms. The van der Waals surface area contributed by atoms with Crippen molar-refractivity contribution in [2.75, 3.05) is 29.9 Å². The molecular weight excluding hydrogens is 448 g/mol. The molecule has 0 radical (unpaired) electrons. The quantitative estimate of drug-likeness (QED) is 0.365. The first kappa shape index (κ1) is 22.4. The zero-order chi connectivity index (χ0) is 24.2. The van der Waals surface area contributed by atoms with E-state index in [4.69, 9.17) is 14.4 Å². The van der Waals surface area contributed by atoms with Gasteiger partial charge >= 0.3 is 6.09 Å². The van der Waals surface area contributed by atoms with E-state index < -0.39 is 6.09 Å². The third kappa shape index (κ3) is 4.78. The van der Waals surface area contributed by atoms with Crippen LogP contribution < -0.4 is 10.2 Å². The van der Waals surface area contributed by atoms with Gasteiger partial charge in [-0.2, -0.15) is 4.98 Å². The molecule has 0 spiro atoms. The summed E-state index contributed by atoms with van der Waals surface area (Å²) in [4.78, 5) is 28.4. The number of hydrogen-bond donors (Lipinski definition) is 3. The number of anilines is 4. The molecule has 1 aliphatic rings. The first-order valence-electron chi connectivity index (χ1n) is 11.2. The van der Waals surface area contributed by atoms with Crippen molar-refractivity contribution in [3.63, 3.8) is 0 Å². The van der Waals surface area contributed by atoms with Gasteiger partial charge in [0.05, 0.1) is 25.0 Å². The number of aromatic nitrogens is 3. The van der Waals surface area contributed by atoms with Gasteiger partial charge in [-0.15, -0.1) is 0 Å². The molecule has 0 atom stereocenters. The van der Waals surface area contributed by atoms with Crippen LogP contribution in [0.5, 0.6) is 0 Å². The van der Waals surface area contributed by atoms with Crippen LogP contribution in [0.15, 0.2) is 71.6 Å². The van der Waals surface area contributed by atoms with Crippen molar-refractivity contribution in [1.82, 2.24) is 19.9 Å². The van der Waals surface area contributed by atoms with Crippen molar-refractivity contribution >= 4 is 29.2 Å². The Labute approximate surface area is 201 Å². The Hall–Kier alpha value is -4.44. The Morgan fingerprint density at radius 2 is 1.91 bits per heavy atom. The number of para-hydroxylation sites is 1. The number of carbonyl (C=O) groups is 1. The van der Waals surface area contributed by atoms with E-state index in [1.54, 1.807) is 6.20 Å². The summed E-state index contributed by atoms with van der Waals surface area (Å²) in [5.74, 6) is 1.64. The predicted octanol–water partition coefficient (Wildman–Crippen LogP) is 4.04. The van der Waals surface area contributed by atoms with Gasteiger partial charge in [-0.3, -0.25) is 0 Å². The fraction of sp³-hybridized carbons (Fsp3) is 0.200. The maximum Gasteiger partial charge on any atom is 0.407 e. The first-order valence-corrected chi connectivity index (χ1v) is 11.2. The molecular formula is C25H24N6O4. The molecule has 4 aromatic rings. The van der Waals surface area contributed by atoms with Gasteiger partial charge < -0.3 is 29.7 Å².